The molecular formula is C17H17BrN2O3S2. The highest BCUT2D eigenvalue weighted by Gasteiger charge is 2.41. The Morgan fingerprint density at radius 3 is 2.76 bits per heavy atom. The molecule has 5 nitrogen and oxygen atoms in total. The summed E-state index contributed by atoms with van der Waals surface area (Å²) in [6.45, 7) is 0. The van der Waals surface area contributed by atoms with Gasteiger partial charge in [-0.3, -0.25) is 4.79 Å². The number of rotatable bonds is 5. The third-order valence-corrected chi connectivity index (χ3v) is 6.52. The third kappa shape index (κ3) is 4.43. The van der Waals surface area contributed by atoms with Gasteiger partial charge in [0.05, 0.1) is 12.1 Å². The van der Waals surface area contributed by atoms with Crippen LogP contribution in [0.15, 0.2) is 34.1 Å². The van der Waals surface area contributed by atoms with Gasteiger partial charge in [0.25, 0.3) is 0 Å². The van der Waals surface area contributed by atoms with Crippen molar-refractivity contribution >= 4 is 50.9 Å². The first-order chi connectivity index (χ1) is 12.0. The number of carboxylic acid groups (broad SMARTS) is 1. The molecule has 1 aromatic heterocycles. The van der Waals surface area contributed by atoms with Crippen LogP contribution in [0.4, 0.5) is 0 Å². The number of nitrogens with one attached hydrogen (secondary N) is 1. The smallest absolute Gasteiger partial charge is 0.329 e. The lowest BCUT2D eigenvalue weighted by Gasteiger charge is -2.33. The average Bonchev–Trinajstić information content (AvgIpc) is 3.04. The summed E-state index contributed by atoms with van der Waals surface area (Å²) in [4.78, 5) is 28.5. The second-order valence-corrected chi connectivity index (χ2v) is 8.88. The van der Waals surface area contributed by atoms with Crippen LogP contribution < -0.4 is 5.32 Å². The summed E-state index contributed by atoms with van der Waals surface area (Å²) in [5.74, 6) is 0.252. The van der Waals surface area contributed by atoms with E-state index in [1.807, 2.05) is 29.6 Å². The van der Waals surface area contributed by atoms with Gasteiger partial charge in [0.15, 0.2) is 0 Å². The highest BCUT2D eigenvalue weighted by molar-refractivity contribution is 9.10. The third-order valence-electron chi connectivity index (χ3n) is 4.10. The zero-order valence-corrected chi connectivity index (χ0v) is 16.5. The molecule has 1 fully saturated rings. The SMILES string of the molecule is O=C(Cc1csc(-c2cccc(Br)c2)n1)NC1(C(=O)O)CCSCC1. The number of hydrogen-bond donors (Lipinski definition) is 2. The van der Waals surface area contributed by atoms with E-state index >= 15 is 0 Å². The molecule has 25 heavy (non-hydrogen) atoms. The number of thiazole rings is 1. The van der Waals surface area contributed by atoms with Gasteiger partial charge in [-0.1, -0.05) is 28.1 Å². The van der Waals surface area contributed by atoms with E-state index in [2.05, 4.69) is 26.2 Å². The maximum absolute atomic E-state index is 12.4. The lowest BCUT2D eigenvalue weighted by atomic mass is 9.92. The van der Waals surface area contributed by atoms with Crippen LogP contribution in [0.5, 0.6) is 0 Å². The molecule has 2 heterocycles. The molecule has 1 amide bonds. The Morgan fingerprint density at radius 1 is 1.32 bits per heavy atom. The van der Waals surface area contributed by atoms with E-state index in [1.165, 1.54) is 11.3 Å². The zero-order chi connectivity index (χ0) is 17.9. The number of aliphatic carboxylic acids is 1. The molecule has 0 aliphatic carbocycles. The summed E-state index contributed by atoms with van der Waals surface area (Å²) in [7, 11) is 0. The molecule has 3 rings (SSSR count). The normalized spacial score (nSPS) is 16.4. The number of thioether (sulfide) groups is 1. The van der Waals surface area contributed by atoms with Crippen molar-refractivity contribution in [3.8, 4) is 10.6 Å². The van der Waals surface area contributed by atoms with Gasteiger partial charge in [0.2, 0.25) is 5.91 Å². The number of carboxylic acids is 1. The predicted octanol–water partition coefficient (Wildman–Crippen LogP) is 3.58. The van der Waals surface area contributed by atoms with Gasteiger partial charge in [-0.25, -0.2) is 9.78 Å². The van der Waals surface area contributed by atoms with E-state index in [0.717, 1.165) is 26.5 Å². The molecule has 0 bridgehead atoms. The van der Waals surface area contributed by atoms with Gasteiger partial charge in [-0.15, -0.1) is 11.3 Å². The number of aromatic nitrogens is 1. The second-order valence-electron chi connectivity index (χ2n) is 5.88. The number of halogens is 1. The summed E-state index contributed by atoms with van der Waals surface area (Å²) in [5.41, 5.74) is 0.506. The molecule has 2 N–H and O–H groups in total. The molecule has 1 aliphatic heterocycles. The summed E-state index contributed by atoms with van der Waals surface area (Å²) in [5, 5.41) is 15.0. The number of nitrogens with zero attached hydrogens (tertiary/aromatic N) is 1. The monoisotopic (exact) mass is 440 g/mol. The van der Waals surface area contributed by atoms with E-state index in [0.29, 0.717) is 18.5 Å². The summed E-state index contributed by atoms with van der Waals surface area (Å²) >= 11 is 6.63. The largest absolute Gasteiger partial charge is 0.480 e. The Hall–Kier alpha value is -1.38. The van der Waals surface area contributed by atoms with Crippen molar-refractivity contribution in [1.82, 2.24) is 10.3 Å². The standard InChI is InChI=1S/C17H17BrN2O3S2/c18-12-3-1-2-11(8-12)15-19-13(10-25-15)9-14(21)20-17(16(22)23)4-6-24-7-5-17/h1-3,8,10H,4-7,9H2,(H,20,21)(H,22,23). The Kier molecular flexibility index (Phi) is 5.81. The van der Waals surface area contributed by atoms with E-state index in [9.17, 15) is 14.7 Å². The Morgan fingerprint density at radius 2 is 2.08 bits per heavy atom. The predicted molar refractivity (Wildman–Crippen MR) is 104 cm³/mol. The fourth-order valence-corrected chi connectivity index (χ4v) is 5.14. The Labute approximate surface area is 162 Å². The van der Waals surface area contributed by atoms with E-state index in [-0.39, 0.29) is 12.3 Å². The van der Waals surface area contributed by atoms with E-state index in [4.69, 9.17) is 0 Å². The minimum absolute atomic E-state index is 0.0900. The summed E-state index contributed by atoms with van der Waals surface area (Å²) < 4.78 is 0.970. The highest BCUT2D eigenvalue weighted by atomic mass is 79.9. The molecule has 0 atom stereocenters. The summed E-state index contributed by atoms with van der Waals surface area (Å²) in [6.07, 6.45) is 1.00. The fraction of sp³-hybridized carbons (Fsp3) is 0.353. The van der Waals surface area contributed by atoms with Gasteiger partial charge < -0.3 is 10.4 Å². The molecule has 0 spiro atoms. The van der Waals surface area contributed by atoms with Crippen molar-refractivity contribution < 1.29 is 14.7 Å². The first kappa shape index (κ1) is 18.4. The maximum Gasteiger partial charge on any atom is 0.329 e. The van der Waals surface area contributed by atoms with Gasteiger partial charge in [-0.05, 0) is 36.5 Å². The minimum atomic E-state index is -1.13. The van der Waals surface area contributed by atoms with Crippen molar-refractivity contribution in [2.45, 2.75) is 24.8 Å². The number of amides is 1. The molecule has 132 valence electrons. The van der Waals surface area contributed by atoms with Crippen molar-refractivity contribution in [3.63, 3.8) is 0 Å². The molecule has 1 aliphatic rings. The zero-order valence-electron chi connectivity index (χ0n) is 13.3. The second kappa shape index (κ2) is 7.88. The van der Waals surface area contributed by atoms with Crippen LogP contribution in [0.25, 0.3) is 10.6 Å². The molecule has 0 unspecified atom stereocenters. The Balaban J connectivity index is 1.68. The van der Waals surface area contributed by atoms with Crippen molar-refractivity contribution in [2.75, 3.05) is 11.5 Å². The van der Waals surface area contributed by atoms with Crippen molar-refractivity contribution in [1.29, 1.82) is 0 Å². The minimum Gasteiger partial charge on any atom is -0.480 e. The van der Waals surface area contributed by atoms with Crippen LogP contribution >= 0.6 is 39.0 Å². The highest BCUT2D eigenvalue weighted by Crippen LogP contribution is 2.28. The van der Waals surface area contributed by atoms with Crippen LogP contribution in [0, 0.1) is 0 Å². The average molecular weight is 441 g/mol. The van der Waals surface area contributed by atoms with Crippen LogP contribution in [0.2, 0.25) is 0 Å². The van der Waals surface area contributed by atoms with Gasteiger partial charge in [0.1, 0.15) is 10.5 Å². The number of carbonyl (C=O) groups is 2. The molecule has 0 radical (unpaired) electrons. The number of benzene rings is 1. The van der Waals surface area contributed by atoms with Crippen LogP contribution in [0.3, 0.4) is 0 Å². The quantitative estimate of drug-likeness (QED) is 0.742. The van der Waals surface area contributed by atoms with E-state index < -0.39 is 11.5 Å². The van der Waals surface area contributed by atoms with Crippen LogP contribution in [0.1, 0.15) is 18.5 Å². The van der Waals surface area contributed by atoms with Gasteiger partial charge in [-0.2, -0.15) is 11.8 Å². The van der Waals surface area contributed by atoms with Crippen molar-refractivity contribution in [2.24, 2.45) is 0 Å². The molecule has 1 aromatic carbocycles. The van der Waals surface area contributed by atoms with E-state index in [1.54, 1.807) is 11.8 Å². The molecule has 2 aromatic rings. The molecule has 0 saturated carbocycles. The fourth-order valence-electron chi connectivity index (χ4n) is 2.73. The van der Waals surface area contributed by atoms with Gasteiger partial charge in [0, 0.05) is 15.4 Å². The van der Waals surface area contributed by atoms with Crippen molar-refractivity contribution in [3.05, 3.63) is 39.8 Å². The van der Waals surface area contributed by atoms with Crippen LogP contribution in [-0.4, -0.2) is 39.0 Å². The topological polar surface area (TPSA) is 79.3 Å². The first-order valence-corrected chi connectivity index (χ1v) is 10.6. The first-order valence-electron chi connectivity index (χ1n) is 7.81. The lowest BCUT2D eigenvalue weighted by Crippen LogP contribution is -2.56. The van der Waals surface area contributed by atoms with Crippen LogP contribution in [-0.2, 0) is 16.0 Å². The molecule has 1 saturated heterocycles. The maximum atomic E-state index is 12.4. The Bertz CT molecular complexity index is 788. The summed E-state index contributed by atoms with van der Waals surface area (Å²) in [6, 6.07) is 7.82. The molecular weight excluding hydrogens is 424 g/mol. The number of carbonyl (C=O) groups excluding carboxylic acids is 1. The number of hydrogen-bond acceptors (Lipinski definition) is 5. The van der Waals surface area contributed by atoms with Gasteiger partial charge >= 0.3 is 5.97 Å². The molecule has 8 heteroatoms. The lowest BCUT2D eigenvalue weighted by molar-refractivity contribution is -0.148.